The van der Waals surface area contributed by atoms with Gasteiger partial charge in [-0.25, -0.2) is 0 Å². The highest BCUT2D eigenvalue weighted by atomic mass is 16.3. The molecule has 2 rings (SSSR count). The van der Waals surface area contributed by atoms with Crippen LogP contribution < -0.4 is 0 Å². The van der Waals surface area contributed by atoms with E-state index in [1.54, 1.807) is 5.57 Å². The van der Waals surface area contributed by atoms with Gasteiger partial charge in [0.1, 0.15) is 0 Å². The molecule has 2 aliphatic carbocycles. The first kappa shape index (κ1) is 21.2. The van der Waals surface area contributed by atoms with E-state index in [0.29, 0.717) is 18.3 Å². The van der Waals surface area contributed by atoms with E-state index in [4.69, 9.17) is 0 Å². The number of nitrogens with zero attached hydrogens (tertiary/aromatic N) is 1. The van der Waals surface area contributed by atoms with Crippen molar-refractivity contribution in [2.45, 2.75) is 70.5 Å². The number of hydrogen-bond acceptors (Lipinski definition) is 3. The number of unbranched alkanes of at least 4 members (excludes halogenated alkanes) is 2. The Morgan fingerprint density at radius 1 is 1.31 bits per heavy atom. The summed E-state index contributed by atoms with van der Waals surface area (Å²) < 4.78 is 0. The van der Waals surface area contributed by atoms with Crippen LogP contribution in [0.15, 0.2) is 23.8 Å². The third kappa shape index (κ3) is 6.58. The lowest BCUT2D eigenvalue weighted by atomic mass is 9.88. The number of allylic oxidation sites excluding steroid dienone is 2. The van der Waals surface area contributed by atoms with E-state index < -0.39 is 6.10 Å². The van der Waals surface area contributed by atoms with Gasteiger partial charge >= 0.3 is 0 Å². The van der Waals surface area contributed by atoms with Crippen LogP contribution in [0.2, 0.25) is 0 Å². The summed E-state index contributed by atoms with van der Waals surface area (Å²) in [5.74, 6) is 7.09. The predicted molar refractivity (Wildman–Crippen MR) is 109 cm³/mol. The van der Waals surface area contributed by atoms with Crippen LogP contribution in [0.5, 0.6) is 0 Å². The first-order chi connectivity index (χ1) is 12.5. The van der Waals surface area contributed by atoms with E-state index >= 15 is 0 Å². The largest absolute Gasteiger partial charge is 0.392 e. The quantitative estimate of drug-likeness (QED) is 0.354. The van der Waals surface area contributed by atoms with Crippen molar-refractivity contribution in [1.82, 2.24) is 4.90 Å². The van der Waals surface area contributed by atoms with Crippen LogP contribution in [-0.2, 0) is 0 Å². The minimum absolute atomic E-state index is 0.189. The Balaban J connectivity index is 1.76. The first-order valence-electron chi connectivity index (χ1n) is 10.3. The number of hydrogen-bond donors (Lipinski definition) is 2. The van der Waals surface area contributed by atoms with Gasteiger partial charge in [0.05, 0.1) is 12.2 Å². The molecule has 1 fully saturated rings. The molecule has 0 aromatic carbocycles. The van der Waals surface area contributed by atoms with Crippen molar-refractivity contribution in [2.75, 3.05) is 20.6 Å². The standard InChI is InChI=1S/C23H37NO2/c1-4-5-7-11-20(25)12-13-21-22-16-18(15-19(22)17-23(21)26)10-8-6-9-14-24(2)3/h12-13,15,19-23,25-26H,6-11,14,16-17H2,1-3H3/b13-12+/t19-,20+,21+,22-,23+/m0/s1. The van der Waals surface area contributed by atoms with Gasteiger partial charge in [0.15, 0.2) is 0 Å². The van der Waals surface area contributed by atoms with Crippen molar-refractivity contribution >= 4 is 0 Å². The first-order valence-corrected chi connectivity index (χ1v) is 10.3. The molecule has 2 aliphatic rings. The zero-order chi connectivity index (χ0) is 18.9. The van der Waals surface area contributed by atoms with Crippen molar-refractivity contribution in [3.63, 3.8) is 0 Å². The van der Waals surface area contributed by atoms with Crippen LogP contribution >= 0.6 is 0 Å². The van der Waals surface area contributed by atoms with Crippen LogP contribution in [0.4, 0.5) is 0 Å². The lowest BCUT2D eigenvalue weighted by Crippen LogP contribution is -2.18. The van der Waals surface area contributed by atoms with Crippen molar-refractivity contribution < 1.29 is 10.2 Å². The van der Waals surface area contributed by atoms with E-state index in [9.17, 15) is 10.2 Å². The van der Waals surface area contributed by atoms with Crippen LogP contribution in [0.25, 0.3) is 0 Å². The van der Waals surface area contributed by atoms with Gasteiger partial charge in [0, 0.05) is 12.3 Å². The summed E-state index contributed by atoms with van der Waals surface area (Å²) in [6.45, 7) is 3.00. The Kier molecular flexibility index (Phi) is 8.91. The second-order valence-electron chi connectivity index (χ2n) is 8.27. The van der Waals surface area contributed by atoms with Gasteiger partial charge in [0.2, 0.25) is 0 Å². The summed E-state index contributed by atoms with van der Waals surface area (Å²) in [6.07, 6.45) is 14.1. The summed E-state index contributed by atoms with van der Waals surface area (Å²) >= 11 is 0. The van der Waals surface area contributed by atoms with Gasteiger partial charge in [-0.05, 0) is 77.9 Å². The topological polar surface area (TPSA) is 43.7 Å². The van der Waals surface area contributed by atoms with Crippen molar-refractivity contribution in [2.24, 2.45) is 17.8 Å². The van der Waals surface area contributed by atoms with Crippen molar-refractivity contribution in [3.8, 4) is 11.8 Å². The lowest BCUT2D eigenvalue weighted by molar-refractivity contribution is 0.139. The second-order valence-corrected chi connectivity index (χ2v) is 8.27. The van der Waals surface area contributed by atoms with Gasteiger partial charge < -0.3 is 15.1 Å². The SMILES string of the molecule is CC#CCC[C@@H](O)/C=C/[C@@H]1[C@H]2CC(CCCCCN(C)C)=C[C@H]2C[C@H]1O. The predicted octanol–water partition coefficient (Wildman–Crippen LogP) is 3.77. The molecule has 0 saturated heterocycles. The number of aliphatic hydroxyl groups excluding tert-OH is 2. The highest BCUT2D eigenvalue weighted by molar-refractivity contribution is 5.21. The summed E-state index contributed by atoms with van der Waals surface area (Å²) in [6, 6.07) is 0. The molecule has 146 valence electrons. The minimum Gasteiger partial charge on any atom is -0.392 e. The maximum atomic E-state index is 10.4. The normalized spacial score (nSPS) is 28.9. The minimum atomic E-state index is -0.451. The Hall–Kier alpha value is -1.08. The van der Waals surface area contributed by atoms with E-state index in [2.05, 4.69) is 43.0 Å². The Morgan fingerprint density at radius 3 is 2.85 bits per heavy atom. The maximum Gasteiger partial charge on any atom is 0.0730 e. The molecule has 0 amide bonds. The summed E-state index contributed by atoms with van der Waals surface area (Å²) in [7, 11) is 4.27. The van der Waals surface area contributed by atoms with E-state index in [1.165, 1.54) is 32.2 Å². The highest BCUT2D eigenvalue weighted by Gasteiger charge is 2.43. The van der Waals surface area contributed by atoms with Gasteiger partial charge in [-0.3, -0.25) is 0 Å². The summed E-state index contributed by atoms with van der Waals surface area (Å²) in [4.78, 5) is 2.25. The lowest BCUT2D eigenvalue weighted by Gasteiger charge is -2.19. The zero-order valence-electron chi connectivity index (χ0n) is 16.8. The Bertz CT molecular complexity index is 540. The van der Waals surface area contributed by atoms with E-state index in [0.717, 1.165) is 19.3 Å². The molecule has 3 nitrogen and oxygen atoms in total. The molecule has 0 spiro atoms. The monoisotopic (exact) mass is 359 g/mol. The zero-order valence-corrected chi connectivity index (χ0v) is 16.8. The third-order valence-electron chi connectivity index (χ3n) is 5.85. The van der Waals surface area contributed by atoms with Crippen molar-refractivity contribution in [1.29, 1.82) is 0 Å². The highest BCUT2D eigenvalue weighted by Crippen LogP contribution is 2.48. The van der Waals surface area contributed by atoms with Crippen LogP contribution in [-0.4, -0.2) is 48.0 Å². The molecule has 0 heterocycles. The Labute approximate surface area is 160 Å². The molecule has 0 bridgehead atoms. The molecule has 0 aromatic heterocycles. The summed E-state index contributed by atoms with van der Waals surface area (Å²) in [5, 5.41) is 20.5. The molecule has 5 atom stereocenters. The van der Waals surface area contributed by atoms with Gasteiger partial charge in [0.25, 0.3) is 0 Å². The molecule has 0 aromatic rings. The molecular formula is C23H37NO2. The molecule has 0 aliphatic heterocycles. The molecule has 3 heteroatoms. The summed E-state index contributed by atoms with van der Waals surface area (Å²) in [5.41, 5.74) is 1.59. The van der Waals surface area contributed by atoms with Crippen LogP contribution in [0, 0.1) is 29.6 Å². The molecule has 26 heavy (non-hydrogen) atoms. The van der Waals surface area contributed by atoms with Crippen LogP contribution in [0.1, 0.15) is 58.3 Å². The number of fused-ring (bicyclic) bond motifs is 1. The molecule has 1 saturated carbocycles. The fraction of sp³-hybridized carbons (Fsp3) is 0.739. The van der Waals surface area contributed by atoms with Crippen LogP contribution in [0.3, 0.4) is 0 Å². The fourth-order valence-corrected chi connectivity index (χ4v) is 4.45. The average Bonchev–Trinajstić information content (AvgIpc) is 3.09. The molecule has 0 radical (unpaired) electrons. The van der Waals surface area contributed by atoms with Gasteiger partial charge in [-0.1, -0.05) is 30.2 Å². The third-order valence-corrected chi connectivity index (χ3v) is 5.85. The molecule has 0 unspecified atom stereocenters. The molecular weight excluding hydrogens is 322 g/mol. The van der Waals surface area contributed by atoms with Crippen molar-refractivity contribution in [3.05, 3.63) is 23.8 Å². The maximum absolute atomic E-state index is 10.4. The van der Waals surface area contributed by atoms with E-state index in [-0.39, 0.29) is 12.0 Å². The molecule has 2 N–H and O–H groups in total. The van der Waals surface area contributed by atoms with Gasteiger partial charge in [-0.2, -0.15) is 0 Å². The average molecular weight is 360 g/mol. The number of rotatable bonds is 10. The Morgan fingerprint density at radius 2 is 2.12 bits per heavy atom. The van der Waals surface area contributed by atoms with Gasteiger partial charge in [-0.15, -0.1) is 11.8 Å². The smallest absolute Gasteiger partial charge is 0.0730 e. The number of aliphatic hydroxyl groups is 2. The second kappa shape index (κ2) is 10.9. The van der Waals surface area contributed by atoms with E-state index in [1.807, 2.05) is 13.0 Å². The fourth-order valence-electron chi connectivity index (χ4n) is 4.45.